The molecule has 0 aliphatic heterocycles. The number of amides is 1. The van der Waals surface area contributed by atoms with E-state index in [0.29, 0.717) is 5.02 Å². The maximum atomic E-state index is 12.6. The van der Waals surface area contributed by atoms with Gasteiger partial charge in [-0.15, -0.1) is 0 Å². The van der Waals surface area contributed by atoms with Gasteiger partial charge in [0.25, 0.3) is 5.91 Å². The normalized spacial score (nSPS) is 11.7. The minimum Gasteiger partial charge on any atom is -0.346 e. The zero-order chi connectivity index (χ0) is 13.9. The van der Waals surface area contributed by atoms with Gasteiger partial charge in [0.1, 0.15) is 0 Å². The molecule has 1 aromatic rings. The summed E-state index contributed by atoms with van der Waals surface area (Å²) in [6.45, 7) is -1.43. The minimum absolute atomic E-state index is 0.0319. The third-order valence-electron chi connectivity index (χ3n) is 1.98. The van der Waals surface area contributed by atoms with E-state index >= 15 is 0 Å². The molecule has 0 aliphatic carbocycles. The maximum absolute atomic E-state index is 12.6. The Bertz CT molecular complexity index is 456. The second kappa shape index (κ2) is 5.88. The molecule has 0 saturated heterocycles. The van der Waals surface area contributed by atoms with Crippen LogP contribution in [0.2, 0.25) is 5.02 Å². The van der Waals surface area contributed by atoms with Gasteiger partial charge >= 0.3 is 12.3 Å². The van der Waals surface area contributed by atoms with E-state index < -0.39 is 24.8 Å². The van der Waals surface area contributed by atoms with Crippen LogP contribution in [0.5, 0.6) is 0 Å². The first-order valence-corrected chi connectivity index (χ1v) is 5.80. The first-order valence-electron chi connectivity index (χ1n) is 4.63. The summed E-state index contributed by atoms with van der Waals surface area (Å²) >= 11 is 8.65. The zero-order valence-corrected chi connectivity index (χ0v) is 11.0. The SMILES string of the molecule is O=C(NCC(F)(F)C(F)F)c1ccc(Cl)cc1Br. The number of hydrogen-bond donors (Lipinski definition) is 1. The lowest BCUT2D eigenvalue weighted by Crippen LogP contribution is -2.41. The van der Waals surface area contributed by atoms with Crippen LogP contribution in [0.15, 0.2) is 22.7 Å². The Balaban J connectivity index is 2.72. The van der Waals surface area contributed by atoms with Crippen LogP contribution in [0.1, 0.15) is 10.4 Å². The highest BCUT2D eigenvalue weighted by Crippen LogP contribution is 2.23. The number of carbonyl (C=O) groups excluding carboxylic acids is 1. The summed E-state index contributed by atoms with van der Waals surface area (Å²) in [5.41, 5.74) is 0.0319. The van der Waals surface area contributed by atoms with Gasteiger partial charge in [-0.3, -0.25) is 4.79 Å². The third kappa shape index (κ3) is 3.84. The van der Waals surface area contributed by atoms with Crippen LogP contribution in [0, 0.1) is 0 Å². The topological polar surface area (TPSA) is 29.1 Å². The van der Waals surface area contributed by atoms with Gasteiger partial charge in [0, 0.05) is 9.50 Å². The first kappa shape index (κ1) is 15.2. The molecule has 0 spiro atoms. The summed E-state index contributed by atoms with van der Waals surface area (Å²) in [6.07, 6.45) is -3.83. The molecule has 8 heteroatoms. The summed E-state index contributed by atoms with van der Waals surface area (Å²) in [5.74, 6) is -5.15. The lowest BCUT2D eigenvalue weighted by molar-refractivity contribution is -0.123. The van der Waals surface area contributed by atoms with Crippen LogP contribution >= 0.6 is 27.5 Å². The van der Waals surface area contributed by atoms with Gasteiger partial charge in [-0.2, -0.15) is 8.78 Å². The summed E-state index contributed by atoms with van der Waals surface area (Å²) in [5, 5.41) is 2.08. The molecule has 1 amide bonds. The number of benzene rings is 1. The van der Waals surface area contributed by atoms with Gasteiger partial charge in [-0.1, -0.05) is 11.6 Å². The number of hydrogen-bond acceptors (Lipinski definition) is 1. The van der Waals surface area contributed by atoms with Gasteiger partial charge in [-0.25, -0.2) is 8.78 Å². The molecule has 0 bridgehead atoms. The van der Waals surface area contributed by atoms with Crippen molar-refractivity contribution >= 4 is 33.4 Å². The molecular formula is C10H7BrClF4NO. The van der Waals surface area contributed by atoms with Crippen LogP contribution in [-0.2, 0) is 0 Å². The minimum atomic E-state index is -4.26. The number of carbonyl (C=O) groups is 1. The average molecular weight is 349 g/mol. The predicted octanol–water partition coefficient (Wildman–Crippen LogP) is 3.73. The molecule has 2 nitrogen and oxygen atoms in total. The molecule has 1 N–H and O–H groups in total. The molecule has 0 radical (unpaired) electrons. The number of halogens is 6. The number of nitrogens with one attached hydrogen (secondary N) is 1. The van der Waals surface area contributed by atoms with Gasteiger partial charge in [0.05, 0.1) is 12.1 Å². The van der Waals surface area contributed by atoms with Crippen LogP contribution in [0.4, 0.5) is 17.6 Å². The first-order chi connectivity index (χ1) is 8.24. The Morgan fingerprint density at radius 2 is 2.06 bits per heavy atom. The highest BCUT2D eigenvalue weighted by atomic mass is 79.9. The van der Waals surface area contributed by atoms with Crippen molar-refractivity contribution in [3.63, 3.8) is 0 Å². The van der Waals surface area contributed by atoms with Crippen molar-refractivity contribution in [3.8, 4) is 0 Å². The van der Waals surface area contributed by atoms with Crippen LogP contribution in [0.25, 0.3) is 0 Å². The molecule has 0 aromatic heterocycles. The Kier molecular flexibility index (Phi) is 4.98. The van der Waals surface area contributed by atoms with E-state index in [1.54, 1.807) is 5.32 Å². The summed E-state index contributed by atoms with van der Waals surface area (Å²) < 4.78 is 49.2. The number of rotatable bonds is 4. The van der Waals surface area contributed by atoms with E-state index in [1.807, 2.05) is 0 Å². The lowest BCUT2D eigenvalue weighted by Gasteiger charge is -2.16. The molecule has 0 atom stereocenters. The van der Waals surface area contributed by atoms with Crippen LogP contribution in [-0.4, -0.2) is 24.8 Å². The molecule has 1 aromatic carbocycles. The summed E-state index contributed by atoms with van der Waals surface area (Å²) in [4.78, 5) is 11.5. The second-order valence-electron chi connectivity index (χ2n) is 3.37. The van der Waals surface area contributed by atoms with Crippen molar-refractivity contribution < 1.29 is 22.4 Å². The molecule has 0 unspecified atom stereocenters. The van der Waals surface area contributed by atoms with Crippen molar-refractivity contribution in [2.45, 2.75) is 12.3 Å². The Morgan fingerprint density at radius 3 is 2.56 bits per heavy atom. The van der Waals surface area contributed by atoms with Crippen molar-refractivity contribution in [3.05, 3.63) is 33.3 Å². The fraction of sp³-hybridized carbons (Fsp3) is 0.300. The Morgan fingerprint density at radius 1 is 1.44 bits per heavy atom. The van der Waals surface area contributed by atoms with E-state index in [9.17, 15) is 22.4 Å². The third-order valence-corrected chi connectivity index (χ3v) is 2.87. The molecular weight excluding hydrogens is 341 g/mol. The highest BCUT2D eigenvalue weighted by molar-refractivity contribution is 9.10. The predicted molar refractivity (Wildman–Crippen MR) is 62.4 cm³/mol. The lowest BCUT2D eigenvalue weighted by atomic mass is 10.2. The van der Waals surface area contributed by atoms with E-state index in [1.165, 1.54) is 18.2 Å². The molecule has 1 rings (SSSR count). The Labute approximate surface area is 113 Å². The molecule has 0 aliphatic rings. The van der Waals surface area contributed by atoms with Crippen molar-refractivity contribution in [1.29, 1.82) is 0 Å². The molecule has 100 valence electrons. The van der Waals surface area contributed by atoms with Crippen molar-refractivity contribution in [1.82, 2.24) is 5.32 Å². The van der Waals surface area contributed by atoms with Gasteiger partial charge in [0.2, 0.25) is 0 Å². The quantitative estimate of drug-likeness (QED) is 0.825. The van der Waals surface area contributed by atoms with Gasteiger partial charge in [-0.05, 0) is 34.1 Å². The zero-order valence-electron chi connectivity index (χ0n) is 8.69. The van der Waals surface area contributed by atoms with Crippen molar-refractivity contribution in [2.75, 3.05) is 6.54 Å². The molecule has 18 heavy (non-hydrogen) atoms. The van der Waals surface area contributed by atoms with E-state index in [-0.39, 0.29) is 10.0 Å². The summed E-state index contributed by atoms with van der Waals surface area (Å²) in [6, 6.07) is 4.07. The Hall–Kier alpha value is -0.820. The van der Waals surface area contributed by atoms with Gasteiger partial charge in [0.15, 0.2) is 0 Å². The van der Waals surface area contributed by atoms with E-state index in [4.69, 9.17) is 11.6 Å². The number of alkyl halides is 4. The average Bonchev–Trinajstić information content (AvgIpc) is 2.25. The molecule has 0 saturated carbocycles. The molecule has 0 fully saturated rings. The van der Waals surface area contributed by atoms with E-state index in [2.05, 4.69) is 15.9 Å². The highest BCUT2D eigenvalue weighted by Gasteiger charge is 2.40. The summed E-state index contributed by atoms with van der Waals surface area (Å²) in [7, 11) is 0. The second-order valence-corrected chi connectivity index (χ2v) is 4.66. The largest absolute Gasteiger partial charge is 0.346 e. The van der Waals surface area contributed by atoms with Crippen molar-refractivity contribution in [2.24, 2.45) is 0 Å². The molecule has 0 heterocycles. The smallest absolute Gasteiger partial charge is 0.324 e. The maximum Gasteiger partial charge on any atom is 0.324 e. The monoisotopic (exact) mass is 347 g/mol. The van der Waals surface area contributed by atoms with Gasteiger partial charge < -0.3 is 5.32 Å². The van der Waals surface area contributed by atoms with E-state index in [0.717, 1.165) is 0 Å². The fourth-order valence-corrected chi connectivity index (χ4v) is 1.91. The van der Waals surface area contributed by atoms with Crippen LogP contribution in [0.3, 0.4) is 0 Å². The fourth-order valence-electron chi connectivity index (χ4n) is 1.04. The van der Waals surface area contributed by atoms with Crippen LogP contribution < -0.4 is 5.32 Å². The standard InChI is InChI=1S/C10H7BrClF4NO/c11-7-3-5(12)1-2-6(7)8(18)17-4-10(15,16)9(13)14/h1-3,9H,4H2,(H,17,18).